The number of carbonyl (C=O) groups excluding carboxylic acids is 1. The van der Waals surface area contributed by atoms with Crippen molar-refractivity contribution in [2.45, 2.75) is 33.3 Å². The van der Waals surface area contributed by atoms with Crippen molar-refractivity contribution in [3.05, 3.63) is 58.9 Å². The number of carbonyl (C=O) groups is 1. The van der Waals surface area contributed by atoms with Gasteiger partial charge in [0, 0.05) is 18.1 Å². The molecular weight excluding hydrogens is 321 g/mol. The van der Waals surface area contributed by atoms with Crippen molar-refractivity contribution < 1.29 is 27.4 Å². The normalized spacial score (nSPS) is 10.8. The lowest BCUT2D eigenvalue weighted by atomic mass is 10.1. The molecule has 3 nitrogen and oxygen atoms in total. The number of hydrogen-bond donors (Lipinski definition) is 0. The van der Waals surface area contributed by atoms with Crippen LogP contribution in [0.4, 0.5) is 13.2 Å². The maximum absolute atomic E-state index is 13.3. The Morgan fingerprint density at radius 2 is 1.92 bits per heavy atom. The molecule has 0 fully saturated rings. The summed E-state index contributed by atoms with van der Waals surface area (Å²) >= 11 is 0. The van der Waals surface area contributed by atoms with Crippen LogP contribution in [0, 0.1) is 12.7 Å². The molecule has 0 amide bonds. The number of rotatable bonds is 6. The van der Waals surface area contributed by atoms with Gasteiger partial charge in [0.05, 0.1) is 5.56 Å². The summed E-state index contributed by atoms with van der Waals surface area (Å²) in [4.78, 5) is 11.5. The highest BCUT2D eigenvalue weighted by Crippen LogP contribution is 2.31. The third kappa shape index (κ3) is 4.28. The third-order valence-electron chi connectivity index (χ3n) is 3.46. The van der Waals surface area contributed by atoms with Crippen LogP contribution < -0.4 is 9.47 Å². The number of ether oxygens (including phenoxy) is 2. The summed E-state index contributed by atoms with van der Waals surface area (Å²) in [6, 6.07) is 7.95. The molecule has 2 aromatic carbocycles. The molecule has 0 aromatic heterocycles. The van der Waals surface area contributed by atoms with Crippen LogP contribution in [0.15, 0.2) is 36.4 Å². The molecule has 0 saturated carbocycles. The second kappa shape index (κ2) is 7.86. The molecule has 6 heteroatoms. The fraction of sp³-hybridized carbons (Fsp3) is 0.278. The maximum Gasteiger partial charge on any atom is 0.310 e. The van der Waals surface area contributed by atoms with Gasteiger partial charge in [0.2, 0.25) is 0 Å². The Balaban J connectivity index is 2.26. The molecule has 128 valence electrons. The number of alkyl halides is 2. The second-order valence-electron chi connectivity index (χ2n) is 5.15. The Labute approximate surface area is 138 Å². The van der Waals surface area contributed by atoms with Crippen LogP contribution in [0.1, 0.15) is 36.5 Å². The van der Waals surface area contributed by atoms with Gasteiger partial charge >= 0.3 is 5.97 Å². The molecule has 0 radical (unpaired) electrons. The van der Waals surface area contributed by atoms with Gasteiger partial charge in [-0.05, 0) is 30.7 Å². The molecular formula is C18H17F3O3. The summed E-state index contributed by atoms with van der Waals surface area (Å²) < 4.78 is 49.9. The lowest BCUT2D eigenvalue weighted by molar-refractivity contribution is -0.134. The quantitative estimate of drug-likeness (QED) is 0.551. The molecule has 2 aromatic rings. The molecule has 0 atom stereocenters. The lowest BCUT2D eigenvalue weighted by Crippen LogP contribution is -2.10. The Kier molecular flexibility index (Phi) is 5.84. The summed E-state index contributed by atoms with van der Waals surface area (Å²) in [6.07, 6.45) is -2.58. The molecule has 0 unspecified atom stereocenters. The Hall–Kier alpha value is -2.50. The van der Waals surface area contributed by atoms with E-state index in [0.717, 1.165) is 23.8 Å². The first-order chi connectivity index (χ1) is 11.4. The van der Waals surface area contributed by atoms with Gasteiger partial charge in [-0.25, -0.2) is 13.2 Å². The number of esters is 1. The van der Waals surface area contributed by atoms with Crippen molar-refractivity contribution in [1.82, 2.24) is 0 Å². The van der Waals surface area contributed by atoms with Crippen molar-refractivity contribution in [3.8, 4) is 11.5 Å². The van der Waals surface area contributed by atoms with Crippen molar-refractivity contribution in [2.24, 2.45) is 0 Å². The number of halogens is 3. The summed E-state index contributed by atoms with van der Waals surface area (Å²) in [6.45, 7) is 3.32. The predicted molar refractivity (Wildman–Crippen MR) is 82.8 cm³/mol. The maximum atomic E-state index is 13.3. The van der Waals surface area contributed by atoms with Gasteiger partial charge < -0.3 is 9.47 Å². The predicted octanol–water partition coefficient (Wildman–Crippen LogP) is 4.97. The zero-order chi connectivity index (χ0) is 17.7. The van der Waals surface area contributed by atoms with Gasteiger partial charge in [-0.3, -0.25) is 4.79 Å². The van der Waals surface area contributed by atoms with E-state index in [4.69, 9.17) is 9.47 Å². The molecule has 0 bridgehead atoms. The van der Waals surface area contributed by atoms with Crippen LogP contribution >= 0.6 is 0 Å². The van der Waals surface area contributed by atoms with Gasteiger partial charge in [0.15, 0.2) is 0 Å². The van der Waals surface area contributed by atoms with E-state index in [0.29, 0.717) is 11.3 Å². The molecule has 0 heterocycles. The number of aryl methyl sites for hydroxylation is 1. The molecule has 0 aliphatic rings. The van der Waals surface area contributed by atoms with E-state index in [1.54, 1.807) is 32.0 Å². The molecule has 0 aliphatic carbocycles. The van der Waals surface area contributed by atoms with Crippen LogP contribution in [0.25, 0.3) is 0 Å². The van der Waals surface area contributed by atoms with E-state index < -0.39 is 23.8 Å². The summed E-state index contributed by atoms with van der Waals surface area (Å²) in [5.41, 5.74) is 0.923. The highest BCUT2D eigenvalue weighted by atomic mass is 19.3. The van der Waals surface area contributed by atoms with Crippen molar-refractivity contribution in [3.63, 3.8) is 0 Å². The number of hydrogen-bond acceptors (Lipinski definition) is 3. The molecule has 0 saturated heterocycles. The van der Waals surface area contributed by atoms with E-state index in [1.165, 1.54) is 0 Å². The fourth-order valence-electron chi connectivity index (χ4n) is 2.11. The highest BCUT2D eigenvalue weighted by molar-refractivity contribution is 5.72. The van der Waals surface area contributed by atoms with E-state index in [-0.39, 0.29) is 18.8 Å². The van der Waals surface area contributed by atoms with Gasteiger partial charge in [0.25, 0.3) is 6.43 Å². The van der Waals surface area contributed by atoms with Gasteiger partial charge in [-0.2, -0.15) is 0 Å². The van der Waals surface area contributed by atoms with E-state index in [2.05, 4.69) is 0 Å². The molecule has 0 N–H and O–H groups in total. The van der Waals surface area contributed by atoms with E-state index in [1.807, 2.05) is 0 Å². The summed E-state index contributed by atoms with van der Waals surface area (Å²) in [5, 5.41) is 0. The Bertz CT molecular complexity index is 729. The van der Waals surface area contributed by atoms with E-state index >= 15 is 0 Å². The Morgan fingerprint density at radius 1 is 1.17 bits per heavy atom. The molecule has 2 rings (SSSR count). The standard InChI is InChI=1S/C18H17F3O3/c1-3-17(22)24-15-6-4-5-11(2)14(15)10-23-16-9-12(19)7-8-13(16)18(20)21/h4-9,18H,3,10H2,1-2H3. The van der Waals surface area contributed by atoms with Crippen LogP contribution in [-0.2, 0) is 11.4 Å². The van der Waals surface area contributed by atoms with Gasteiger partial charge in [0.1, 0.15) is 23.9 Å². The summed E-state index contributed by atoms with van der Waals surface area (Å²) in [5.74, 6) is -1.02. The highest BCUT2D eigenvalue weighted by Gasteiger charge is 2.17. The van der Waals surface area contributed by atoms with Gasteiger partial charge in [-0.15, -0.1) is 0 Å². The first kappa shape index (κ1) is 17.8. The molecule has 0 spiro atoms. The first-order valence-electron chi connectivity index (χ1n) is 7.42. The monoisotopic (exact) mass is 338 g/mol. The zero-order valence-corrected chi connectivity index (χ0v) is 13.3. The number of benzene rings is 2. The molecule has 0 aliphatic heterocycles. The first-order valence-corrected chi connectivity index (χ1v) is 7.42. The van der Waals surface area contributed by atoms with Crippen molar-refractivity contribution in [1.29, 1.82) is 0 Å². The van der Waals surface area contributed by atoms with Crippen LogP contribution in [0.2, 0.25) is 0 Å². The minimum absolute atomic E-state index is 0.123. The minimum atomic E-state index is -2.78. The average Bonchev–Trinajstić information content (AvgIpc) is 2.54. The molecule has 24 heavy (non-hydrogen) atoms. The van der Waals surface area contributed by atoms with Crippen LogP contribution in [0.3, 0.4) is 0 Å². The van der Waals surface area contributed by atoms with Crippen LogP contribution in [-0.4, -0.2) is 5.97 Å². The topological polar surface area (TPSA) is 35.5 Å². The minimum Gasteiger partial charge on any atom is -0.488 e. The largest absolute Gasteiger partial charge is 0.488 e. The summed E-state index contributed by atoms with van der Waals surface area (Å²) in [7, 11) is 0. The third-order valence-corrected chi connectivity index (χ3v) is 3.46. The van der Waals surface area contributed by atoms with E-state index in [9.17, 15) is 18.0 Å². The van der Waals surface area contributed by atoms with Crippen LogP contribution in [0.5, 0.6) is 11.5 Å². The SMILES string of the molecule is CCC(=O)Oc1cccc(C)c1COc1cc(F)ccc1C(F)F. The zero-order valence-electron chi connectivity index (χ0n) is 13.3. The second-order valence-corrected chi connectivity index (χ2v) is 5.15. The smallest absolute Gasteiger partial charge is 0.310 e. The fourth-order valence-corrected chi connectivity index (χ4v) is 2.11. The lowest BCUT2D eigenvalue weighted by Gasteiger charge is -2.15. The van der Waals surface area contributed by atoms with Crippen molar-refractivity contribution in [2.75, 3.05) is 0 Å². The average molecular weight is 338 g/mol. The Morgan fingerprint density at radius 3 is 2.58 bits per heavy atom. The van der Waals surface area contributed by atoms with Crippen molar-refractivity contribution >= 4 is 5.97 Å². The van der Waals surface area contributed by atoms with Gasteiger partial charge in [-0.1, -0.05) is 19.1 Å².